The van der Waals surface area contributed by atoms with E-state index in [1.807, 2.05) is 29.1 Å². The molecule has 2 N–H and O–H groups in total. The van der Waals surface area contributed by atoms with Crippen LogP contribution < -0.4 is 10.6 Å². The molecule has 4 rings (SSSR count). The molecule has 1 saturated heterocycles. The summed E-state index contributed by atoms with van der Waals surface area (Å²) in [6.07, 6.45) is 9.89. The third-order valence-electron chi connectivity index (χ3n) is 5.46. The predicted octanol–water partition coefficient (Wildman–Crippen LogP) is 4.49. The van der Waals surface area contributed by atoms with Crippen molar-refractivity contribution in [1.82, 2.24) is 20.4 Å². The summed E-state index contributed by atoms with van der Waals surface area (Å²) in [5, 5.41) is 11.3. The van der Waals surface area contributed by atoms with Crippen LogP contribution in [0.25, 0.3) is 5.69 Å². The van der Waals surface area contributed by atoms with Crippen molar-refractivity contribution in [3.8, 4) is 5.69 Å². The summed E-state index contributed by atoms with van der Waals surface area (Å²) in [5.74, 6) is 1.75. The summed E-state index contributed by atoms with van der Waals surface area (Å²) in [6, 6.07) is 14.3. The Morgan fingerprint density at radius 2 is 2.19 bits per heavy atom. The van der Waals surface area contributed by atoms with Gasteiger partial charge in [0.15, 0.2) is 5.96 Å². The Balaban J connectivity index is 0.00000289. The summed E-state index contributed by atoms with van der Waals surface area (Å²) in [7, 11) is 0. The van der Waals surface area contributed by atoms with Gasteiger partial charge in [0.2, 0.25) is 0 Å². The van der Waals surface area contributed by atoms with Crippen LogP contribution >= 0.6 is 24.0 Å². The molecule has 32 heavy (non-hydrogen) atoms. The van der Waals surface area contributed by atoms with Gasteiger partial charge in [0.1, 0.15) is 5.76 Å². The Hall–Kier alpha value is -2.33. The van der Waals surface area contributed by atoms with Gasteiger partial charge >= 0.3 is 0 Å². The standard InChI is InChI=1S/C24H31N5O2.HI/c1-19(20-7-4-8-21(17-20)29-14-6-12-27-29)28-24(25-13-11-22-10-5-16-30-22)26-18-23-9-2-3-15-31-23;/h4-8,10,12,14,16-17,19,23H,2-3,9,11,13,15,18H2,1H3,(H2,25,26,28);1H. The maximum atomic E-state index is 5.85. The molecule has 1 aliphatic heterocycles. The number of nitrogens with one attached hydrogen (secondary N) is 2. The molecule has 1 aromatic carbocycles. The Labute approximate surface area is 206 Å². The molecule has 3 aromatic rings. The van der Waals surface area contributed by atoms with E-state index in [1.165, 1.54) is 12.0 Å². The summed E-state index contributed by atoms with van der Waals surface area (Å²) in [6.45, 7) is 4.38. The zero-order valence-corrected chi connectivity index (χ0v) is 20.8. The van der Waals surface area contributed by atoms with Gasteiger partial charge in [-0.25, -0.2) is 4.68 Å². The van der Waals surface area contributed by atoms with E-state index in [1.54, 1.807) is 12.5 Å². The summed E-state index contributed by atoms with van der Waals surface area (Å²) in [5.41, 5.74) is 2.21. The monoisotopic (exact) mass is 549 g/mol. The SMILES string of the molecule is CC(NC(=NCC1CCCCO1)NCCc1ccco1)c1cccc(-n2cccn2)c1.I. The molecule has 2 atom stereocenters. The Kier molecular flexibility index (Phi) is 9.61. The number of benzene rings is 1. The lowest BCUT2D eigenvalue weighted by atomic mass is 10.1. The van der Waals surface area contributed by atoms with Crippen LogP contribution in [0.2, 0.25) is 0 Å². The molecule has 1 fully saturated rings. The van der Waals surface area contributed by atoms with Gasteiger partial charge in [0.05, 0.1) is 30.6 Å². The molecule has 8 heteroatoms. The van der Waals surface area contributed by atoms with Crippen LogP contribution in [0.15, 0.2) is 70.5 Å². The number of rotatable bonds is 8. The molecular weight excluding hydrogens is 517 g/mol. The molecule has 0 amide bonds. The Morgan fingerprint density at radius 3 is 2.94 bits per heavy atom. The van der Waals surface area contributed by atoms with Crippen LogP contribution in [0, 0.1) is 0 Å². The first-order chi connectivity index (χ1) is 15.3. The fourth-order valence-electron chi connectivity index (χ4n) is 3.70. The van der Waals surface area contributed by atoms with Crippen molar-refractivity contribution in [2.75, 3.05) is 19.7 Å². The highest BCUT2D eigenvalue weighted by molar-refractivity contribution is 14.0. The molecular formula is C24H32IN5O2. The largest absolute Gasteiger partial charge is 0.469 e. The molecule has 3 heterocycles. The van der Waals surface area contributed by atoms with Gasteiger partial charge < -0.3 is 19.8 Å². The summed E-state index contributed by atoms with van der Waals surface area (Å²) >= 11 is 0. The molecule has 0 radical (unpaired) electrons. The Morgan fingerprint density at radius 1 is 1.25 bits per heavy atom. The molecule has 172 valence electrons. The van der Waals surface area contributed by atoms with E-state index in [9.17, 15) is 0 Å². The lowest BCUT2D eigenvalue weighted by molar-refractivity contribution is 0.0224. The van der Waals surface area contributed by atoms with Crippen molar-refractivity contribution >= 4 is 29.9 Å². The van der Waals surface area contributed by atoms with Crippen molar-refractivity contribution in [2.24, 2.45) is 4.99 Å². The van der Waals surface area contributed by atoms with Crippen LogP contribution in [0.3, 0.4) is 0 Å². The van der Waals surface area contributed by atoms with Gasteiger partial charge in [-0.1, -0.05) is 12.1 Å². The van der Waals surface area contributed by atoms with Crippen LogP contribution in [0.4, 0.5) is 0 Å². The number of aliphatic imine (C=N–C) groups is 1. The van der Waals surface area contributed by atoms with E-state index < -0.39 is 0 Å². The van der Waals surface area contributed by atoms with E-state index in [2.05, 4.69) is 46.9 Å². The normalized spacial score (nSPS) is 17.4. The number of hydrogen-bond acceptors (Lipinski definition) is 4. The molecule has 0 bridgehead atoms. The number of aromatic nitrogens is 2. The quantitative estimate of drug-likeness (QED) is 0.246. The highest BCUT2D eigenvalue weighted by Gasteiger charge is 2.15. The van der Waals surface area contributed by atoms with Crippen molar-refractivity contribution in [1.29, 1.82) is 0 Å². The van der Waals surface area contributed by atoms with Crippen molar-refractivity contribution in [3.63, 3.8) is 0 Å². The number of guanidine groups is 1. The highest BCUT2D eigenvalue weighted by atomic mass is 127. The van der Waals surface area contributed by atoms with E-state index in [0.29, 0.717) is 6.54 Å². The van der Waals surface area contributed by atoms with E-state index >= 15 is 0 Å². The number of halogens is 1. The van der Waals surface area contributed by atoms with Gasteiger partial charge in [-0.2, -0.15) is 5.10 Å². The Bertz CT molecular complexity index is 937. The second kappa shape index (κ2) is 12.6. The fourth-order valence-corrected chi connectivity index (χ4v) is 3.70. The smallest absolute Gasteiger partial charge is 0.191 e. The van der Waals surface area contributed by atoms with Crippen LogP contribution in [-0.4, -0.2) is 41.5 Å². The van der Waals surface area contributed by atoms with Crippen molar-refractivity contribution < 1.29 is 9.15 Å². The molecule has 2 aromatic heterocycles. The second-order valence-electron chi connectivity index (χ2n) is 7.85. The number of hydrogen-bond donors (Lipinski definition) is 2. The van der Waals surface area contributed by atoms with Crippen LogP contribution in [0.5, 0.6) is 0 Å². The van der Waals surface area contributed by atoms with E-state index in [-0.39, 0.29) is 36.1 Å². The minimum Gasteiger partial charge on any atom is -0.469 e. The second-order valence-corrected chi connectivity index (χ2v) is 7.85. The number of furan rings is 1. The van der Waals surface area contributed by atoms with Crippen molar-refractivity contribution in [2.45, 2.75) is 44.8 Å². The minimum atomic E-state index is 0. The first kappa shape index (κ1) is 24.3. The van der Waals surface area contributed by atoms with Gasteiger partial charge in [0, 0.05) is 32.0 Å². The molecule has 0 saturated carbocycles. The summed E-state index contributed by atoms with van der Waals surface area (Å²) < 4.78 is 13.2. The van der Waals surface area contributed by atoms with E-state index in [4.69, 9.17) is 14.1 Å². The molecule has 2 unspecified atom stereocenters. The number of ether oxygens (including phenoxy) is 1. The minimum absolute atomic E-state index is 0. The summed E-state index contributed by atoms with van der Waals surface area (Å²) in [4.78, 5) is 4.83. The first-order valence-electron chi connectivity index (χ1n) is 11.1. The zero-order chi connectivity index (χ0) is 21.3. The van der Waals surface area contributed by atoms with E-state index in [0.717, 1.165) is 49.8 Å². The third-order valence-corrected chi connectivity index (χ3v) is 5.46. The lowest BCUT2D eigenvalue weighted by Gasteiger charge is -2.23. The average Bonchev–Trinajstić information content (AvgIpc) is 3.53. The third kappa shape index (κ3) is 7.09. The van der Waals surface area contributed by atoms with Gasteiger partial charge in [0.25, 0.3) is 0 Å². The lowest BCUT2D eigenvalue weighted by Crippen LogP contribution is -2.40. The maximum Gasteiger partial charge on any atom is 0.191 e. The highest BCUT2D eigenvalue weighted by Crippen LogP contribution is 2.17. The van der Waals surface area contributed by atoms with Gasteiger partial charge in [-0.3, -0.25) is 4.99 Å². The maximum absolute atomic E-state index is 5.85. The number of nitrogens with zero attached hydrogens (tertiary/aromatic N) is 3. The molecule has 1 aliphatic rings. The average molecular weight is 549 g/mol. The van der Waals surface area contributed by atoms with Crippen LogP contribution in [-0.2, 0) is 11.2 Å². The van der Waals surface area contributed by atoms with Crippen molar-refractivity contribution in [3.05, 3.63) is 72.4 Å². The van der Waals surface area contributed by atoms with Crippen LogP contribution in [0.1, 0.15) is 43.6 Å². The zero-order valence-electron chi connectivity index (χ0n) is 18.4. The molecule has 0 aliphatic carbocycles. The van der Waals surface area contributed by atoms with Gasteiger partial charge in [-0.05, 0) is 62.1 Å². The molecule has 0 spiro atoms. The first-order valence-corrected chi connectivity index (χ1v) is 11.1. The predicted molar refractivity (Wildman–Crippen MR) is 137 cm³/mol. The van der Waals surface area contributed by atoms with Gasteiger partial charge in [-0.15, -0.1) is 24.0 Å². The fraction of sp³-hybridized carbons (Fsp3) is 0.417. The topological polar surface area (TPSA) is 76.6 Å². The molecule has 7 nitrogen and oxygen atoms in total.